The van der Waals surface area contributed by atoms with Gasteiger partial charge in [-0.3, -0.25) is 0 Å². The molecule has 0 aromatic heterocycles. The van der Waals surface area contributed by atoms with Gasteiger partial charge in [-0.25, -0.2) is 0 Å². The monoisotopic (exact) mass is 446 g/mol. The molecule has 0 saturated carbocycles. The van der Waals surface area contributed by atoms with Gasteiger partial charge in [0.25, 0.3) is 6.64 Å². The Labute approximate surface area is 167 Å². The third kappa shape index (κ3) is 5.51. The number of urea groups is 1. The molecule has 25 heavy (non-hydrogen) atoms. The minimum absolute atomic E-state index is 0.00215. The molecule has 0 aromatic carbocycles. The average Bonchev–Trinajstić information content (AvgIpc) is 3.08. The van der Waals surface area contributed by atoms with Crippen LogP contribution in [0, 0.1) is 5.41 Å². The average molecular weight is 447 g/mol. The maximum atomic E-state index is 12.5. The minimum atomic E-state index is -2.69. The SMILES string of the molecule is CC(C)N(SN(C)C(=O)[N+](O)=C1SCCS1)P1(=S)OCC(C)(C)CO1. The lowest BCUT2D eigenvalue weighted by Crippen LogP contribution is -2.38. The zero-order valence-electron chi connectivity index (χ0n) is 15.0. The van der Waals surface area contributed by atoms with Crippen LogP contribution < -0.4 is 0 Å². The summed E-state index contributed by atoms with van der Waals surface area (Å²) in [6.45, 7) is 6.41. The molecule has 12 heteroatoms. The summed E-state index contributed by atoms with van der Waals surface area (Å²) in [5.41, 5.74) is -0.0766. The molecule has 2 saturated heterocycles. The standard InChI is InChI=1S/C13H25N3O4PS4/c1-10(2)16(21(22)19-8-13(3,4)9-20-21)25-14(5)11(17)15(18)12-23-6-7-24-12/h10,18H,6-9H2,1-5H3/q+1. The van der Waals surface area contributed by atoms with Gasteiger partial charge in [-0.1, -0.05) is 37.4 Å². The van der Waals surface area contributed by atoms with Crippen LogP contribution in [-0.4, -0.2) is 66.5 Å². The van der Waals surface area contributed by atoms with Crippen LogP contribution in [0.2, 0.25) is 0 Å². The van der Waals surface area contributed by atoms with Crippen LogP contribution in [0.5, 0.6) is 0 Å². The Bertz CT molecular complexity index is 580. The van der Waals surface area contributed by atoms with Crippen molar-refractivity contribution in [1.82, 2.24) is 8.38 Å². The maximum Gasteiger partial charge on any atom is 0.546 e. The van der Waals surface area contributed by atoms with Crippen LogP contribution in [-0.2, 0) is 20.9 Å². The number of hydrogen-bond donors (Lipinski definition) is 1. The van der Waals surface area contributed by atoms with Gasteiger partial charge >= 0.3 is 6.03 Å². The van der Waals surface area contributed by atoms with E-state index < -0.39 is 12.7 Å². The van der Waals surface area contributed by atoms with Crippen molar-refractivity contribution in [3.05, 3.63) is 0 Å². The van der Waals surface area contributed by atoms with E-state index in [0.717, 1.165) is 23.6 Å². The highest BCUT2D eigenvalue weighted by atomic mass is 32.5. The van der Waals surface area contributed by atoms with Crippen molar-refractivity contribution in [2.75, 3.05) is 31.8 Å². The van der Waals surface area contributed by atoms with Gasteiger partial charge < -0.3 is 14.3 Å². The van der Waals surface area contributed by atoms with Crippen molar-refractivity contribution in [2.45, 2.75) is 33.7 Å². The van der Waals surface area contributed by atoms with Gasteiger partial charge in [-0.2, -0.15) is 4.79 Å². The second kappa shape index (κ2) is 8.68. The highest BCUT2D eigenvalue weighted by molar-refractivity contribution is 8.41. The summed E-state index contributed by atoms with van der Waals surface area (Å²) in [5, 5.41) is 10.1. The van der Waals surface area contributed by atoms with E-state index in [1.165, 1.54) is 27.8 Å². The molecule has 2 fully saturated rings. The normalized spacial score (nSPS) is 22.4. The summed E-state index contributed by atoms with van der Waals surface area (Å²) >= 11 is 9.75. The van der Waals surface area contributed by atoms with E-state index >= 15 is 0 Å². The van der Waals surface area contributed by atoms with E-state index in [0.29, 0.717) is 22.3 Å². The lowest BCUT2D eigenvalue weighted by atomic mass is 9.97. The van der Waals surface area contributed by atoms with E-state index in [-0.39, 0.29) is 11.5 Å². The van der Waals surface area contributed by atoms with Crippen LogP contribution >= 0.6 is 42.3 Å². The van der Waals surface area contributed by atoms with Crippen LogP contribution in [0.1, 0.15) is 27.7 Å². The summed E-state index contributed by atoms with van der Waals surface area (Å²) < 4.78 is 16.3. The van der Waals surface area contributed by atoms with Gasteiger partial charge in [0.2, 0.25) is 4.38 Å². The predicted octanol–water partition coefficient (Wildman–Crippen LogP) is 3.85. The van der Waals surface area contributed by atoms with Gasteiger partial charge in [0.1, 0.15) is 0 Å². The Morgan fingerprint density at radius 3 is 2.36 bits per heavy atom. The molecular weight excluding hydrogens is 421 g/mol. The molecule has 0 aliphatic carbocycles. The minimum Gasteiger partial charge on any atom is -0.346 e. The molecule has 1 N–H and O–H groups in total. The summed E-state index contributed by atoms with van der Waals surface area (Å²) in [6.07, 6.45) is 0. The van der Waals surface area contributed by atoms with Crippen LogP contribution in [0.25, 0.3) is 0 Å². The molecule has 2 aliphatic heterocycles. The number of amides is 2. The molecule has 0 atom stereocenters. The first-order valence-corrected chi connectivity index (χ1v) is 13.1. The molecule has 7 nitrogen and oxygen atoms in total. The summed E-state index contributed by atoms with van der Waals surface area (Å²) in [4.78, 5) is 12.5. The number of thioether (sulfide) groups is 2. The lowest BCUT2D eigenvalue weighted by molar-refractivity contribution is -0.697. The van der Waals surface area contributed by atoms with Crippen LogP contribution in [0.4, 0.5) is 4.79 Å². The molecule has 0 spiro atoms. The number of nitrogens with zero attached hydrogens (tertiary/aromatic N) is 3. The van der Waals surface area contributed by atoms with Crippen molar-refractivity contribution < 1.29 is 23.8 Å². The van der Waals surface area contributed by atoms with Crippen LogP contribution in [0.15, 0.2) is 0 Å². The van der Waals surface area contributed by atoms with Gasteiger partial charge in [-0.15, -0.1) is 8.38 Å². The largest absolute Gasteiger partial charge is 0.546 e. The molecule has 2 amide bonds. The Hall–Kier alpha value is 0.520. The van der Waals surface area contributed by atoms with Crippen LogP contribution in [0.3, 0.4) is 0 Å². The second-order valence-electron chi connectivity index (χ2n) is 6.71. The van der Waals surface area contributed by atoms with E-state index in [1.807, 2.05) is 17.9 Å². The predicted molar refractivity (Wildman–Crippen MR) is 110 cm³/mol. The van der Waals surface area contributed by atoms with E-state index in [1.54, 1.807) is 7.05 Å². The Morgan fingerprint density at radius 2 is 1.88 bits per heavy atom. The van der Waals surface area contributed by atoms with Crippen molar-refractivity contribution >= 4 is 64.5 Å². The number of rotatable bonds is 4. The van der Waals surface area contributed by atoms with Crippen molar-refractivity contribution in [3.63, 3.8) is 0 Å². The van der Waals surface area contributed by atoms with E-state index in [4.69, 9.17) is 20.9 Å². The molecule has 2 aliphatic rings. The first-order chi connectivity index (χ1) is 11.6. The molecular formula is C13H25N3O4PS4+. The third-order valence-corrected chi connectivity index (χ3v) is 11.1. The molecule has 2 rings (SSSR count). The number of carbonyl (C=O) groups is 1. The van der Waals surface area contributed by atoms with Gasteiger partial charge in [0.15, 0.2) is 12.1 Å². The van der Waals surface area contributed by atoms with E-state index in [9.17, 15) is 10.0 Å². The lowest BCUT2D eigenvalue weighted by Gasteiger charge is -2.41. The van der Waals surface area contributed by atoms with Crippen molar-refractivity contribution in [2.24, 2.45) is 5.41 Å². The van der Waals surface area contributed by atoms with Crippen molar-refractivity contribution in [1.29, 1.82) is 0 Å². The molecule has 0 unspecified atom stereocenters. The molecule has 144 valence electrons. The number of hydroxylamine groups is 1. The molecule has 2 heterocycles. The fourth-order valence-electron chi connectivity index (χ4n) is 1.92. The highest BCUT2D eigenvalue weighted by Gasteiger charge is 2.43. The maximum absolute atomic E-state index is 12.5. The number of hydrogen-bond acceptors (Lipinski definition) is 8. The first kappa shape index (κ1) is 21.8. The second-order valence-corrected chi connectivity index (χ2v) is 13.8. The Kier molecular flexibility index (Phi) is 7.58. The van der Waals surface area contributed by atoms with E-state index in [2.05, 4.69) is 13.8 Å². The van der Waals surface area contributed by atoms with Gasteiger partial charge in [0.05, 0.1) is 20.3 Å². The summed E-state index contributed by atoms with van der Waals surface area (Å²) in [5.74, 6) is 1.77. The van der Waals surface area contributed by atoms with Crippen molar-refractivity contribution in [3.8, 4) is 0 Å². The Morgan fingerprint density at radius 1 is 1.36 bits per heavy atom. The highest BCUT2D eigenvalue weighted by Crippen LogP contribution is 2.61. The van der Waals surface area contributed by atoms with Gasteiger partial charge in [-0.05, 0) is 25.7 Å². The fourth-order valence-corrected chi connectivity index (χ4v) is 8.77. The summed E-state index contributed by atoms with van der Waals surface area (Å²) in [6, 6.07) is -0.520. The Balaban J connectivity index is 2.10. The topological polar surface area (TPSA) is 65.3 Å². The molecule has 0 bridgehead atoms. The zero-order chi connectivity index (χ0) is 18.8. The zero-order valence-corrected chi connectivity index (χ0v) is 19.2. The quantitative estimate of drug-likeness (QED) is 0.173. The number of carbonyl (C=O) groups excluding carboxylic acids is 1. The summed E-state index contributed by atoms with van der Waals surface area (Å²) in [7, 11) is 1.60. The smallest absolute Gasteiger partial charge is 0.346 e. The molecule has 0 radical (unpaired) electrons. The first-order valence-electron chi connectivity index (χ1n) is 7.82. The van der Waals surface area contributed by atoms with Gasteiger partial charge in [0, 0.05) is 27.7 Å². The fraction of sp³-hybridized carbons (Fsp3) is 0.846. The third-order valence-electron chi connectivity index (χ3n) is 3.28. The molecule has 0 aromatic rings.